The Labute approximate surface area is 158 Å². The molecule has 0 saturated carbocycles. The summed E-state index contributed by atoms with van der Waals surface area (Å²) in [5.74, 6) is -1.82. The summed E-state index contributed by atoms with van der Waals surface area (Å²) in [7, 11) is 1.56. The van der Waals surface area contributed by atoms with E-state index in [1.807, 2.05) is 67.6 Å². The number of hydrogen-bond acceptors (Lipinski definition) is 3. The highest BCUT2D eigenvalue weighted by Crippen LogP contribution is 2.48. The van der Waals surface area contributed by atoms with Crippen LogP contribution in [0.5, 0.6) is 5.75 Å². The second-order valence-electron chi connectivity index (χ2n) is 6.45. The summed E-state index contributed by atoms with van der Waals surface area (Å²) >= 11 is 0. The van der Waals surface area contributed by atoms with E-state index in [0.717, 1.165) is 16.3 Å². The molecule has 136 valence electrons. The van der Waals surface area contributed by atoms with Gasteiger partial charge in [0.1, 0.15) is 5.75 Å². The molecule has 3 aromatic rings. The fourth-order valence-electron chi connectivity index (χ4n) is 4.04. The molecule has 2 unspecified atom stereocenters. The average molecular weight is 359 g/mol. The van der Waals surface area contributed by atoms with E-state index in [9.17, 15) is 15.2 Å². The summed E-state index contributed by atoms with van der Waals surface area (Å²) in [6, 6.07) is 23.1. The third-order valence-electron chi connectivity index (χ3n) is 5.28. The van der Waals surface area contributed by atoms with Crippen molar-refractivity contribution in [2.45, 2.75) is 18.8 Å². The van der Waals surface area contributed by atoms with Gasteiger partial charge in [0.2, 0.25) is 0 Å². The topological polar surface area (TPSA) is 70.3 Å². The van der Waals surface area contributed by atoms with Gasteiger partial charge in [-0.15, -0.1) is 0 Å². The monoisotopic (exact) mass is 359 g/mol. The zero-order valence-electron chi connectivity index (χ0n) is 15.3. The number of aliphatic carboxylic acids is 1. The lowest BCUT2D eigenvalue weighted by Gasteiger charge is -2.37. The lowest BCUT2D eigenvalue weighted by atomic mass is 9.63. The summed E-state index contributed by atoms with van der Waals surface area (Å²) in [4.78, 5) is 12.2. The molecule has 2 atom stereocenters. The van der Waals surface area contributed by atoms with Gasteiger partial charge in [0.15, 0.2) is 5.92 Å². The van der Waals surface area contributed by atoms with Gasteiger partial charge in [-0.1, -0.05) is 67.6 Å². The molecule has 0 aliphatic rings. The number of rotatable bonds is 6. The first-order chi connectivity index (χ1) is 13.1. The quantitative estimate of drug-likeness (QED) is 0.688. The molecule has 27 heavy (non-hydrogen) atoms. The van der Waals surface area contributed by atoms with Crippen molar-refractivity contribution in [1.82, 2.24) is 0 Å². The molecule has 0 fully saturated rings. The molecule has 0 aromatic heterocycles. The van der Waals surface area contributed by atoms with Crippen molar-refractivity contribution in [2.75, 3.05) is 7.11 Å². The van der Waals surface area contributed by atoms with Crippen LogP contribution in [0.25, 0.3) is 10.8 Å². The molecular weight excluding hydrogens is 338 g/mol. The lowest BCUT2D eigenvalue weighted by Crippen LogP contribution is -2.40. The first-order valence-electron chi connectivity index (χ1n) is 8.84. The van der Waals surface area contributed by atoms with E-state index in [1.54, 1.807) is 13.2 Å². The molecule has 3 rings (SSSR count). The second kappa shape index (κ2) is 7.51. The summed E-state index contributed by atoms with van der Waals surface area (Å²) in [6.07, 6.45) is 0.436. The molecule has 0 aliphatic carbocycles. The van der Waals surface area contributed by atoms with E-state index in [4.69, 9.17) is 4.74 Å². The number of benzene rings is 3. The van der Waals surface area contributed by atoms with Crippen molar-refractivity contribution in [1.29, 1.82) is 5.26 Å². The van der Waals surface area contributed by atoms with Crippen LogP contribution in [0, 0.1) is 17.2 Å². The van der Waals surface area contributed by atoms with E-state index >= 15 is 0 Å². The molecule has 0 spiro atoms. The number of carboxylic acid groups (broad SMARTS) is 1. The Kier molecular flexibility index (Phi) is 5.14. The maximum absolute atomic E-state index is 12.2. The molecular formula is C23H21NO3. The van der Waals surface area contributed by atoms with Crippen molar-refractivity contribution in [2.24, 2.45) is 5.92 Å². The Morgan fingerprint density at radius 3 is 2.37 bits per heavy atom. The predicted octanol–water partition coefficient (Wildman–Crippen LogP) is 4.77. The third-order valence-corrected chi connectivity index (χ3v) is 5.28. The van der Waals surface area contributed by atoms with Gasteiger partial charge in [0.25, 0.3) is 0 Å². The van der Waals surface area contributed by atoms with Crippen LogP contribution in [0.4, 0.5) is 0 Å². The minimum absolute atomic E-state index is 0.436. The van der Waals surface area contributed by atoms with Gasteiger partial charge in [-0.2, -0.15) is 5.26 Å². The molecule has 0 heterocycles. The molecule has 4 heteroatoms. The number of para-hydroxylation sites is 1. The minimum Gasteiger partial charge on any atom is -0.496 e. The van der Waals surface area contributed by atoms with Crippen molar-refractivity contribution < 1.29 is 14.6 Å². The number of fused-ring (bicyclic) bond motifs is 1. The normalized spacial score (nSPS) is 14.1. The highest BCUT2D eigenvalue weighted by atomic mass is 16.5. The van der Waals surface area contributed by atoms with Gasteiger partial charge in [-0.05, 0) is 28.8 Å². The zero-order valence-corrected chi connectivity index (χ0v) is 15.3. The highest BCUT2D eigenvalue weighted by Gasteiger charge is 2.47. The van der Waals surface area contributed by atoms with Crippen LogP contribution in [-0.4, -0.2) is 18.2 Å². The van der Waals surface area contributed by atoms with Gasteiger partial charge in [-0.3, -0.25) is 4.79 Å². The number of nitriles is 1. The molecule has 0 aliphatic heterocycles. The van der Waals surface area contributed by atoms with Crippen LogP contribution in [0.15, 0.2) is 66.7 Å². The first kappa shape index (κ1) is 18.5. The van der Waals surface area contributed by atoms with Gasteiger partial charge < -0.3 is 9.84 Å². The maximum Gasteiger partial charge on any atom is 0.322 e. The summed E-state index contributed by atoms with van der Waals surface area (Å²) < 4.78 is 5.56. The van der Waals surface area contributed by atoms with Gasteiger partial charge >= 0.3 is 5.97 Å². The largest absolute Gasteiger partial charge is 0.496 e. The van der Waals surface area contributed by atoms with Gasteiger partial charge in [-0.25, -0.2) is 0 Å². The lowest BCUT2D eigenvalue weighted by molar-refractivity contribution is -0.141. The molecule has 0 bridgehead atoms. The zero-order chi connectivity index (χ0) is 19.4. The Balaban J connectivity index is 2.47. The van der Waals surface area contributed by atoms with Crippen molar-refractivity contribution in [3.05, 3.63) is 77.9 Å². The molecule has 0 radical (unpaired) electrons. The molecule has 0 saturated heterocycles. The predicted molar refractivity (Wildman–Crippen MR) is 105 cm³/mol. The standard InChI is InChI=1S/C23H21NO3/c1-3-23(20(15-24)22(25)26,19-12-6-7-14-21(19)27-2)18-13-8-10-16-9-4-5-11-17(16)18/h4-14,20H,3H2,1-2H3,(H,25,26). The van der Waals surface area contributed by atoms with Crippen molar-refractivity contribution in [3.63, 3.8) is 0 Å². The van der Waals surface area contributed by atoms with Crippen LogP contribution in [-0.2, 0) is 10.2 Å². The highest BCUT2D eigenvalue weighted by molar-refractivity contribution is 5.89. The Morgan fingerprint density at radius 1 is 1.07 bits per heavy atom. The fraction of sp³-hybridized carbons (Fsp3) is 0.217. The van der Waals surface area contributed by atoms with E-state index in [-0.39, 0.29) is 0 Å². The number of hydrogen-bond donors (Lipinski definition) is 1. The summed E-state index contributed by atoms with van der Waals surface area (Å²) in [5, 5.41) is 21.7. The SMILES string of the molecule is CCC(c1ccccc1OC)(c1cccc2ccccc12)C(C#N)C(=O)O. The minimum atomic E-state index is -1.26. The van der Waals surface area contributed by atoms with Crippen LogP contribution >= 0.6 is 0 Å². The van der Waals surface area contributed by atoms with Crippen LogP contribution in [0.3, 0.4) is 0 Å². The average Bonchev–Trinajstić information content (AvgIpc) is 2.71. The number of carboxylic acids is 1. The molecule has 1 N–H and O–H groups in total. The van der Waals surface area contributed by atoms with E-state index in [1.165, 1.54) is 0 Å². The van der Waals surface area contributed by atoms with E-state index in [0.29, 0.717) is 17.7 Å². The van der Waals surface area contributed by atoms with Gasteiger partial charge in [0.05, 0.1) is 18.6 Å². The molecule has 3 aromatic carbocycles. The fourth-order valence-corrected chi connectivity index (χ4v) is 4.04. The summed E-state index contributed by atoms with van der Waals surface area (Å²) in [5.41, 5.74) is 0.482. The maximum atomic E-state index is 12.2. The smallest absolute Gasteiger partial charge is 0.322 e. The molecule has 4 nitrogen and oxygen atoms in total. The number of carbonyl (C=O) groups is 1. The number of methoxy groups -OCH3 is 1. The van der Waals surface area contributed by atoms with Crippen LogP contribution in [0.1, 0.15) is 24.5 Å². The van der Waals surface area contributed by atoms with Gasteiger partial charge in [0, 0.05) is 5.56 Å². The van der Waals surface area contributed by atoms with Crippen molar-refractivity contribution in [3.8, 4) is 11.8 Å². The van der Waals surface area contributed by atoms with Crippen molar-refractivity contribution >= 4 is 16.7 Å². The number of ether oxygens (including phenoxy) is 1. The summed E-state index contributed by atoms with van der Waals surface area (Å²) in [6.45, 7) is 1.92. The Morgan fingerprint density at radius 2 is 1.70 bits per heavy atom. The van der Waals surface area contributed by atoms with Crippen LogP contribution in [0.2, 0.25) is 0 Å². The first-order valence-corrected chi connectivity index (χ1v) is 8.84. The Hall–Kier alpha value is -3.32. The van der Waals surface area contributed by atoms with E-state index in [2.05, 4.69) is 6.07 Å². The van der Waals surface area contributed by atoms with Crippen LogP contribution < -0.4 is 4.74 Å². The Bertz CT molecular complexity index is 1020. The second-order valence-corrected chi connectivity index (χ2v) is 6.45. The number of nitrogens with zero attached hydrogens (tertiary/aromatic N) is 1. The molecule has 0 amide bonds. The third kappa shape index (κ3) is 2.92. The van der Waals surface area contributed by atoms with E-state index < -0.39 is 17.3 Å².